The average Bonchev–Trinajstić information content (AvgIpc) is 2.75. The summed E-state index contributed by atoms with van der Waals surface area (Å²) < 4.78 is 0. The first-order valence-electron chi connectivity index (χ1n) is 7.61. The Hall–Kier alpha value is -1.30. The summed E-state index contributed by atoms with van der Waals surface area (Å²) >= 11 is 24.7. The van der Waals surface area contributed by atoms with Gasteiger partial charge in [0.1, 0.15) is 5.78 Å². The highest BCUT2D eigenvalue weighted by Gasteiger charge is 2.52. The number of fused-ring (bicyclic) bond motifs is 1. The molecule has 0 aliphatic carbocycles. The maximum atomic E-state index is 13.0. The Morgan fingerprint density at radius 2 is 1.73 bits per heavy atom. The number of anilines is 1. The van der Waals surface area contributed by atoms with E-state index in [1.807, 2.05) is 0 Å². The van der Waals surface area contributed by atoms with Crippen molar-refractivity contribution in [2.24, 2.45) is 0 Å². The molecule has 8 heteroatoms. The van der Waals surface area contributed by atoms with E-state index < -0.39 is 17.9 Å². The van der Waals surface area contributed by atoms with Gasteiger partial charge in [0.15, 0.2) is 5.60 Å². The first-order chi connectivity index (χ1) is 12.1. The van der Waals surface area contributed by atoms with Crippen molar-refractivity contribution in [3.05, 3.63) is 61.5 Å². The van der Waals surface area contributed by atoms with E-state index in [2.05, 4.69) is 0 Å². The summed E-state index contributed by atoms with van der Waals surface area (Å²) in [6.45, 7) is 1.34. The van der Waals surface area contributed by atoms with Crippen molar-refractivity contribution in [2.75, 3.05) is 4.90 Å². The fraction of sp³-hybridized carbons (Fsp3) is 0.222. The van der Waals surface area contributed by atoms with E-state index in [0.717, 1.165) is 0 Å². The van der Waals surface area contributed by atoms with Crippen LogP contribution < -0.4 is 4.90 Å². The van der Waals surface area contributed by atoms with Crippen LogP contribution in [-0.4, -0.2) is 16.8 Å². The molecule has 2 aromatic rings. The quantitative estimate of drug-likeness (QED) is 0.738. The normalized spacial score (nSPS) is 19.0. The second-order valence-corrected chi connectivity index (χ2v) is 7.78. The van der Waals surface area contributed by atoms with Gasteiger partial charge in [0.25, 0.3) is 5.91 Å². The van der Waals surface area contributed by atoms with Gasteiger partial charge in [-0.15, -0.1) is 0 Å². The van der Waals surface area contributed by atoms with Crippen LogP contribution in [0.4, 0.5) is 5.69 Å². The maximum absolute atomic E-state index is 13.0. The minimum absolute atomic E-state index is 0.0438. The number of carbonyl (C=O) groups is 2. The minimum atomic E-state index is -2.07. The van der Waals surface area contributed by atoms with Crippen molar-refractivity contribution >= 4 is 63.8 Å². The van der Waals surface area contributed by atoms with Crippen LogP contribution in [0.5, 0.6) is 0 Å². The zero-order chi connectivity index (χ0) is 19.2. The highest BCUT2D eigenvalue weighted by molar-refractivity contribution is 6.38. The molecule has 0 aromatic heterocycles. The highest BCUT2D eigenvalue weighted by Crippen LogP contribution is 2.50. The molecule has 2 aromatic carbocycles. The monoisotopic (exact) mass is 431 g/mol. The molecule has 0 saturated carbocycles. The molecule has 0 radical (unpaired) electrons. The molecule has 1 heterocycles. The zero-order valence-corrected chi connectivity index (χ0v) is 16.5. The van der Waals surface area contributed by atoms with Crippen LogP contribution in [0.1, 0.15) is 24.5 Å². The third-order valence-corrected chi connectivity index (χ3v) is 5.42. The molecule has 1 atom stereocenters. The summed E-state index contributed by atoms with van der Waals surface area (Å²) in [6.07, 6.45) is -0.399. The van der Waals surface area contributed by atoms with Crippen molar-refractivity contribution in [3.8, 4) is 0 Å². The van der Waals surface area contributed by atoms with Gasteiger partial charge in [0, 0.05) is 27.1 Å². The zero-order valence-electron chi connectivity index (χ0n) is 13.5. The third-order valence-electron chi connectivity index (χ3n) is 4.21. The Morgan fingerprint density at radius 1 is 1.08 bits per heavy atom. The second kappa shape index (κ2) is 7.02. The van der Waals surface area contributed by atoms with E-state index in [4.69, 9.17) is 46.4 Å². The first-order valence-corrected chi connectivity index (χ1v) is 9.12. The average molecular weight is 433 g/mol. The van der Waals surface area contributed by atoms with E-state index in [-0.39, 0.29) is 33.6 Å². The molecule has 136 valence electrons. The fourth-order valence-corrected chi connectivity index (χ4v) is 4.16. The number of amides is 1. The standard InChI is InChI=1S/C18H13Cl4NO3/c1-9(24)7-18(26)15-12(20)4-5-13(21)16(15)23(17(18)25)8-10-2-3-11(19)6-14(10)22/h2-6,26H,7-8H2,1H3. The smallest absolute Gasteiger partial charge is 0.264 e. The van der Waals surface area contributed by atoms with Gasteiger partial charge in [-0.2, -0.15) is 0 Å². The number of benzene rings is 2. The van der Waals surface area contributed by atoms with Crippen LogP contribution in [0.15, 0.2) is 30.3 Å². The highest BCUT2D eigenvalue weighted by atomic mass is 35.5. The molecule has 0 spiro atoms. The lowest BCUT2D eigenvalue weighted by molar-refractivity contribution is -0.141. The van der Waals surface area contributed by atoms with Gasteiger partial charge < -0.3 is 10.0 Å². The molecule has 0 bridgehead atoms. The number of ketones is 1. The summed E-state index contributed by atoms with van der Waals surface area (Å²) in [5, 5.41) is 12.3. The molecule has 26 heavy (non-hydrogen) atoms. The van der Waals surface area contributed by atoms with Crippen molar-refractivity contribution in [1.29, 1.82) is 0 Å². The van der Waals surface area contributed by atoms with Crippen LogP contribution in [-0.2, 0) is 21.7 Å². The third kappa shape index (κ3) is 3.21. The Labute approximate surface area is 170 Å². The summed E-state index contributed by atoms with van der Waals surface area (Å²) in [7, 11) is 0. The fourth-order valence-electron chi connectivity index (χ4n) is 3.13. The molecule has 1 aliphatic heterocycles. The molecule has 1 unspecified atom stereocenters. The van der Waals surface area contributed by atoms with Crippen molar-refractivity contribution in [3.63, 3.8) is 0 Å². The van der Waals surface area contributed by atoms with Crippen molar-refractivity contribution in [2.45, 2.75) is 25.5 Å². The predicted molar refractivity (Wildman–Crippen MR) is 103 cm³/mol. The van der Waals surface area contributed by atoms with Gasteiger partial charge in [0.05, 0.1) is 17.3 Å². The molecule has 1 amide bonds. The summed E-state index contributed by atoms with van der Waals surface area (Å²) in [6, 6.07) is 7.90. The first kappa shape index (κ1) is 19.5. The SMILES string of the molecule is CC(=O)CC1(O)C(=O)N(Cc2ccc(Cl)cc2Cl)c2c(Cl)ccc(Cl)c21. The molecule has 0 fully saturated rings. The topological polar surface area (TPSA) is 57.6 Å². The largest absolute Gasteiger partial charge is 0.375 e. The van der Waals surface area contributed by atoms with E-state index in [1.54, 1.807) is 18.2 Å². The van der Waals surface area contributed by atoms with Crippen molar-refractivity contribution in [1.82, 2.24) is 0 Å². The number of hydrogen-bond acceptors (Lipinski definition) is 3. The summed E-state index contributed by atoms with van der Waals surface area (Å²) in [5.74, 6) is -1.03. The van der Waals surface area contributed by atoms with Gasteiger partial charge in [-0.3, -0.25) is 9.59 Å². The van der Waals surface area contributed by atoms with Crippen LogP contribution in [0, 0.1) is 0 Å². The van der Waals surface area contributed by atoms with Gasteiger partial charge >= 0.3 is 0 Å². The van der Waals surface area contributed by atoms with E-state index in [9.17, 15) is 14.7 Å². The number of carbonyl (C=O) groups excluding carboxylic acids is 2. The van der Waals surface area contributed by atoms with Crippen LogP contribution in [0.2, 0.25) is 20.1 Å². The Kier molecular flexibility index (Phi) is 5.26. The predicted octanol–water partition coefficient (Wildman–Crippen LogP) is 5.01. The van der Waals surface area contributed by atoms with E-state index >= 15 is 0 Å². The Balaban J connectivity index is 2.15. The Bertz CT molecular complexity index is 931. The second-order valence-electron chi connectivity index (χ2n) is 6.12. The molecule has 1 aliphatic rings. The maximum Gasteiger partial charge on any atom is 0.264 e. The van der Waals surface area contributed by atoms with Gasteiger partial charge in [-0.05, 0) is 36.8 Å². The van der Waals surface area contributed by atoms with Crippen LogP contribution >= 0.6 is 46.4 Å². The van der Waals surface area contributed by atoms with Crippen molar-refractivity contribution < 1.29 is 14.7 Å². The van der Waals surface area contributed by atoms with Gasteiger partial charge in [0.2, 0.25) is 0 Å². The molecular weight excluding hydrogens is 420 g/mol. The molecule has 4 nitrogen and oxygen atoms in total. The molecule has 3 rings (SSSR count). The lowest BCUT2D eigenvalue weighted by Gasteiger charge is -2.23. The Morgan fingerprint density at radius 3 is 2.35 bits per heavy atom. The minimum Gasteiger partial charge on any atom is -0.375 e. The van der Waals surface area contributed by atoms with Crippen LogP contribution in [0.25, 0.3) is 0 Å². The van der Waals surface area contributed by atoms with Gasteiger partial charge in [-0.1, -0.05) is 52.5 Å². The number of hydrogen-bond donors (Lipinski definition) is 1. The summed E-state index contributed by atoms with van der Waals surface area (Å²) in [4.78, 5) is 26.0. The number of rotatable bonds is 4. The van der Waals surface area contributed by atoms with E-state index in [0.29, 0.717) is 15.6 Å². The number of halogens is 4. The lowest BCUT2D eigenvalue weighted by Crippen LogP contribution is -2.41. The molecule has 1 N–H and O–H groups in total. The van der Waals surface area contributed by atoms with Gasteiger partial charge in [-0.25, -0.2) is 0 Å². The number of aliphatic hydroxyl groups is 1. The number of nitrogens with zero attached hydrogens (tertiary/aromatic N) is 1. The molecule has 0 saturated heterocycles. The number of Topliss-reactive ketones (excluding diaryl/α,β-unsaturated/α-hetero) is 1. The lowest BCUT2D eigenvalue weighted by atomic mass is 9.90. The summed E-state index contributed by atoms with van der Waals surface area (Å²) in [5.41, 5.74) is -1.04. The van der Waals surface area contributed by atoms with E-state index in [1.165, 1.54) is 24.0 Å². The molecular formula is C18H13Cl4NO3. The van der Waals surface area contributed by atoms with Crippen LogP contribution in [0.3, 0.4) is 0 Å².